The van der Waals surface area contributed by atoms with Crippen molar-refractivity contribution in [1.29, 1.82) is 0 Å². The number of unbranched alkanes of at least 4 members (excludes halogenated alkanes) is 41. The summed E-state index contributed by atoms with van der Waals surface area (Å²) in [5.41, 5.74) is 0. The summed E-state index contributed by atoms with van der Waals surface area (Å²) in [6.45, 7) is 7.11. The molecule has 0 aromatic rings. The van der Waals surface area contributed by atoms with E-state index in [9.17, 15) is 4.79 Å². The lowest BCUT2D eigenvalue weighted by atomic mass is 9.95. The molecule has 0 radical (unpaired) electrons. The Morgan fingerprint density at radius 1 is 0.259 bits per heavy atom. The molecule has 0 aliphatic carbocycles. The van der Waals surface area contributed by atoms with Gasteiger partial charge in [-0.3, -0.25) is 4.79 Å². The van der Waals surface area contributed by atoms with E-state index in [1.54, 1.807) is 0 Å². The summed E-state index contributed by atoms with van der Waals surface area (Å²) < 4.78 is 0. The van der Waals surface area contributed by atoms with Gasteiger partial charge in [-0.15, -0.1) is 0 Å². The van der Waals surface area contributed by atoms with Gasteiger partial charge in [-0.1, -0.05) is 303 Å². The van der Waals surface area contributed by atoms with Crippen molar-refractivity contribution in [2.75, 3.05) is 0 Å². The zero-order valence-corrected chi connectivity index (χ0v) is 38.4. The molecule has 0 fully saturated rings. The van der Waals surface area contributed by atoms with E-state index in [0.717, 1.165) is 31.6 Å². The molecule has 324 valence electrons. The highest BCUT2D eigenvalue weighted by Crippen LogP contribution is 2.20. The summed E-state index contributed by atoms with van der Waals surface area (Å²) in [7, 11) is 0. The predicted molar refractivity (Wildman–Crippen MR) is 247 cm³/mol. The van der Waals surface area contributed by atoms with Gasteiger partial charge in [0.2, 0.25) is 0 Å². The van der Waals surface area contributed by atoms with Gasteiger partial charge in [0.15, 0.2) is 0 Å². The molecule has 0 aromatic carbocycles. The second-order valence-corrected chi connectivity index (χ2v) is 18.6. The van der Waals surface area contributed by atoms with Gasteiger partial charge in [-0.2, -0.15) is 0 Å². The summed E-state index contributed by atoms with van der Waals surface area (Å²) in [5, 5.41) is 0. The first-order chi connectivity index (χ1) is 26.7. The lowest BCUT2D eigenvalue weighted by Crippen LogP contribution is -1.97. The molecule has 1 nitrogen and oxygen atoms in total. The maximum atomic E-state index is 12.3. The van der Waals surface area contributed by atoms with E-state index in [1.807, 2.05) is 0 Å². The van der Waals surface area contributed by atoms with Crippen LogP contribution in [0.15, 0.2) is 0 Å². The first-order valence-electron chi connectivity index (χ1n) is 26.2. The fraction of sp³-hybridized carbons (Fsp3) is 0.981. The summed E-state index contributed by atoms with van der Waals surface area (Å²) in [6, 6.07) is 0. The zero-order chi connectivity index (χ0) is 39.1. The van der Waals surface area contributed by atoms with Crippen molar-refractivity contribution in [2.45, 2.75) is 329 Å². The Kier molecular flexibility index (Phi) is 48.5. The van der Waals surface area contributed by atoms with Gasteiger partial charge in [0.05, 0.1) is 0 Å². The molecular weight excluding hydrogens is 653 g/mol. The molecule has 1 atom stereocenters. The summed E-state index contributed by atoms with van der Waals surface area (Å²) in [5.74, 6) is 1.48. The fourth-order valence-electron chi connectivity index (χ4n) is 8.76. The van der Waals surface area contributed by atoms with E-state index in [-0.39, 0.29) is 0 Å². The van der Waals surface area contributed by atoms with E-state index in [0.29, 0.717) is 5.78 Å². The van der Waals surface area contributed by atoms with Crippen LogP contribution in [0.25, 0.3) is 0 Å². The molecule has 0 aliphatic heterocycles. The molecule has 0 amide bonds. The minimum atomic E-state index is 0.532. The number of carbonyl (C=O) groups excluding carboxylic acids is 1. The Morgan fingerprint density at radius 3 is 0.630 bits per heavy atom. The van der Waals surface area contributed by atoms with Crippen molar-refractivity contribution >= 4 is 5.78 Å². The van der Waals surface area contributed by atoms with Crippen molar-refractivity contribution < 1.29 is 4.79 Å². The summed E-state index contributed by atoms with van der Waals surface area (Å²) in [4.78, 5) is 12.3. The third-order valence-corrected chi connectivity index (χ3v) is 12.8. The van der Waals surface area contributed by atoms with Crippen LogP contribution < -0.4 is 0 Å². The number of hydrogen-bond acceptors (Lipinski definition) is 1. The van der Waals surface area contributed by atoms with E-state index in [1.165, 1.54) is 283 Å². The van der Waals surface area contributed by atoms with Crippen molar-refractivity contribution in [2.24, 2.45) is 5.92 Å². The van der Waals surface area contributed by atoms with Crippen molar-refractivity contribution in [3.05, 3.63) is 0 Å². The second-order valence-electron chi connectivity index (χ2n) is 18.6. The molecule has 0 aromatic heterocycles. The molecule has 0 heterocycles. The van der Waals surface area contributed by atoms with Gasteiger partial charge in [-0.25, -0.2) is 0 Å². The Hall–Kier alpha value is -0.330. The zero-order valence-electron chi connectivity index (χ0n) is 38.4. The largest absolute Gasteiger partial charge is 0.300 e. The Labute approximate surface area is 344 Å². The second kappa shape index (κ2) is 48.8. The van der Waals surface area contributed by atoms with Crippen LogP contribution in [0.2, 0.25) is 0 Å². The van der Waals surface area contributed by atoms with E-state index >= 15 is 0 Å². The summed E-state index contributed by atoms with van der Waals surface area (Å²) in [6.07, 6.45) is 67.2. The van der Waals surface area contributed by atoms with Crippen LogP contribution in [0.4, 0.5) is 0 Å². The van der Waals surface area contributed by atoms with Crippen molar-refractivity contribution in [3.63, 3.8) is 0 Å². The Morgan fingerprint density at radius 2 is 0.426 bits per heavy atom. The topological polar surface area (TPSA) is 17.1 Å². The minimum absolute atomic E-state index is 0.532. The lowest BCUT2D eigenvalue weighted by molar-refractivity contribution is -0.119. The maximum absolute atomic E-state index is 12.3. The quantitative estimate of drug-likeness (QED) is 0.0565. The maximum Gasteiger partial charge on any atom is 0.132 e. The van der Waals surface area contributed by atoms with Crippen molar-refractivity contribution in [1.82, 2.24) is 0 Å². The van der Waals surface area contributed by atoms with Crippen LogP contribution in [0, 0.1) is 5.92 Å². The molecule has 0 bridgehead atoms. The Bertz CT molecular complexity index is 668. The molecule has 1 heteroatoms. The number of hydrogen-bond donors (Lipinski definition) is 0. The monoisotopic (exact) mass is 759 g/mol. The SMILES string of the molecule is CCCCCCCCCCCCCCCCCCC(C)CCCCCCCCCCCCCCCC(=O)CCCCCCCCCCCCCCCCC. The van der Waals surface area contributed by atoms with E-state index < -0.39 is 0 Å². The first-order valence-corrected chi connectivity index (χ1v) is 26.2. The highest BCUT2D eigenvalue weighted by molar-refractivity contribution is 5.78. The highest BCUT2D eigenvalue weighted by atomic mass is 16.1. The average Bonchev–Trinajstić information content (AvgIpc) is 3.17. The number of Topliss-reactive ketones (excluding diaryl/α,β-unsaturated/α-hetero) is 1. The third-order valence-electron chi connectivity index (χ3n) is 12.8. The molecule has 0 N–H and O–H groups in total. The average molecular weight is 759 g/mol. The van der Waals surface area contributed by atoms with Crippen LogP contribution in [-0.2, 0) is 4.79 Å². The van der Waals surface area contributed by atoms with Crippen molar-refractivity contribution in [3.8, 4) is 0 Å². The smallest absolute Gasteiger partial charge is 0.132 e. The standard InChI is InChI=1S/C53H106O/c1-4-6-8-10-12-14-16-18-20-22-24-28-32-36-40-44-48-52(3)49-45-41-37-33-29-25-23-27-31-35-39-43-47-51-53(54)50-46-42-38-34-30-26-21-19-17-15-13-11-9-7-5-2/h52H,4-51H2,1-3H3. The lowest BCUT2D eigenvalue weighted by Gasteiger charge is -2.11. The van der Waals surface area contributed by atoms with Gasteiger partial charge in [0.1, 0.15) is 5.78 Å². The number of carbonyl (C=O) groups is 1. The van der Waals surface area contributed by atoms with Crippen LogP contribution >= 0.6 is 0 Å². The normalized spacial score (nSPS) is 12.2. The van der Waals surface area contributed by atoms with Crippen LogP contribution in [0.1, 0.15) is 329 Å². The Balaban J connectivity index is 3.21. The molecule has 0 rings (SSSR count). The molecule has 0 aliphatic rings. The summed E-state index contributed by atoms with van der Waals surface area (Å²) >= 11 is 0. The fourth-order valence-corrected chi connectivity index (χ4v) is 8.76. The minimum Gasteiger partial charge on any atom is -0.300 e. The highest BCUT2D eigenvalue weighted by Gasteiger charge is 2.04. The van der Waals surface area contributed by atoms with Crippen LogP contribution in [0.5, 0.6) is 0 Å². The first kappa shape index (κ1) is 53.7. The molecule has 0 spiro atoms. The van der Waals surface area contributed by atoms with Crippen LogP contribution in [0.3, 0.4) is 0 Å². The predicted octanol–water partition coefficient (Wildman–Crippen LogP) is 20.0. The molecule has 0 saturated carbocycles. The molecular formula is C53H106O. The van der Waals surface area contributed by atoms with Crippen LogP contribution in [-0.4, -0.2) is 5.78 Å². The van der Waals surface area contributed by atoms with E-state index in [2.05, 4.69) is 20.8 Å². The third kappa shape index (κ3) is 47.8. The number of ketones is 1. The molecule has 54 heavy (non-hydrogen) atoms. The van der Waals surface area contributed by atoms with Gasteiger partial charge in [-0.05, 0) is 18.8 Å². The van der Waals surface area contributed by atoms with Gasteiger partial charge in [0, 0.05) is 12.8 Å². The molecule has 1 unspecified atom stereocenters. The van der Waals surface area contributed by atoms with E-state index in [4.69, 9.17) is 0 Å². The number of rotatable bonds is 49. The van der Waals surface area contributed by atoms with Gasteiger partial charge >= 0.3 is 0 Å². The molecule has 0 saturated heterocycles. The van der Waals surface area contributed by atoms with Gasteiger partial charge < -0.3 is 0 Å². The van der Waals surface area contributed by atoms with Gasteiger partial charge in [0.25, 0.3) is 0 Å².